The molecule has 6 nitrogen and oxygen atoms in total. The molecule has 2 aromatic carbocycles. The highest BCUT2D eigenvalue weighted by molar-refractivity contribution is 5.98. The standard InChI is InChI=1S/C19H19NO5/c1-12-5-3-4-6-15(12)19(22)25-13(2)18(21)20-14-7-8-16-17(11-14)24-10-9-23-16/h3-8,11,13H,9-10H2,1-2H3,(H,20,21)/t13-/m0/s1. The van der Waals surface area contributed by atoms with Crippen molar-refractivity contribution in [2.75, 3.05) is 18.5 Å². The van der Waals surface area contributed by atoms with Crippen LogP contribution in [0.5, 0.6) is 11.5 Å². The molecule has 25 heavy (non-hydrogen) atoms. The van der Waals surface area contributed by atoms with E-state index in [2.05, 4.69) is 5.32 Å². The second-order valence-electron chi connectivity index (χ2n) is 5.71. The Balaban J connectivity index is 1.63. The van der Waals surface area contributed by atoms with Gasteiger partial charge in [0.1, 0.15) is 13.2 Å². The molecule has 130 valence electrons. The fourth-order valence-corrected chi connectivity index (χ4v) is 2.44. The number of carbonyl (C=O) groups is 2. The first-order valence-corrected chi connectivity index (χ1v) is 8.02. The van der Waals surface area contributed by atoms with Crippen molar-refractivity contribution in [3.8, 4) is 11.5 Å². The molecule has 1 aliphatic rings. The quantitative estimate of drug-likeness (QED) is 0.866. The fraction of sp³-hybridized carbons (Fsp3) is 0.263. The maximum atomic E-state index is 12.3. The molecule has 1 heterocycles. The number of ether oxygens (including phenoxy) is 3. The Morgan fingerprint density at radius 3 is 2.56 bits per heavy atom. The summed E-state index contributed by atoms with van der Waals surface area (Å²) in [6, 6.07) is 12.2. The molecule has 0 radical (unpaired) electrons. The van der Waals surface area contributed by atoms with Gasteiger partial charge in [0.05, 0.1) is 5.56 Å². The number of benzene rings is 2. The van der Waals surface area contributed by atoms with Crippen molar-refractivity contribution in [3.05, 3.63) is 53.6 Å². The van der Waals surface area contributed by atoms with E-state index in [0.717, 1.165) is 5.56 Å². The number of aryl methyl sites for hydroxylation is 1. The molecule has 3 rings (SSSR count). The molecule has 0 aromatic heterocycles. The minimum Gasteiger partial charge on any atom is -0.486 e. The van der Waals surface area contributed by atoms with E-state index in [4.69, 9.17) is 14.2 Å². The van der Waals surface area contributed by atoms with E-state index in [1.807, 2.05) is 19.1 Å². The lowest BCUT2D eigenvalue weighted by molar-refractivity contribution is -0.123. The molecule has 2 aromatic rings. The van der Waals surface area contributed by atoms with Crippen molar-refractivity contribution in [3.63, 3.8) is 0 Å². The molecule has 0 unspecified atom stereocenters. The molecular weight excluding hydrogens is 322 g/mol. The molecule has 1 atom stereocenters. The fourth-order valence-electron chi connectivity index (χ4n) is 2.44. The van der Waals surface area contributed by atoms with Gasteiger partial charge in [0.15, 0.2) is 17.6 Å². The summed E-state index contributed by atoms with van der Waals surface area (Å²) in [5.41, 5.74) is 1.79. The Hall–Kier alpha value is -3.02. The number of anilines is 1. The van der Waals surface area contributed by atoms with Crippen LogP contribution in [0.25, 0.3) is 0 Å². The SMILES string of the molecule is Cc1ccccc1C(=O)O[C@@H](C)C(=O)Nc1ccc2c(c1)OCCO2. The van der Waals surface area contributed by atoms with Gasteiger partial charge in [-0.3, -0.25) is 4.79 Å². The maximum Gasteiger partial charge on any atom is 0.339 e. The molecule has 1 N–H and O–H groups in total. The Bertz CT molecular complexity index is 802. The van der Waals surface area contributed by atoms with E-state index in [-0.39, 0.29) is 0 Å². The van der Waals surface area contributed by atoms with Crippen molar-refractivity contribution in [2.24, 2.45) is 0 Å². The van der Waals surface area contributed by atoms with Crippen molar-refractivity contribution in [1.29, 1.82) is 0 Å². The average Bonchev–Trinajstić information content (AvgIpc) is 2.61. The number of esters is 1. The lowest BCUT2D eigenvalue weighted by atomic mass is 10.1. The molecular formula is C19H19NO5. The van der Waals surface area contributed by atoms with Gasteiger partial charge >= 0.3 is 5.97 Å². The van der Waals surface area contributed by atoms with E-state index >= 15 is 0 Å². The maximum absolute atomic E-state index is 12.3. The van der Waals surface area contributed by atoms with Crippen LogP contribution in [0.1, 0.15) is 22.8 Å². The highest BCUT2D eigenvalue weighted by Gasteiger charge is 2.21. The molecule has 0 spiro atoms. The van der Waals surface area contributed by atoms with E-state index in [9.17, 15) is 9.59 Å². The summed E-state index contributed by atoms with van der Waals surface area (Å²) in [6.45, 7) is 4.32. The topological polar surface area (TPSA) is 73.9 Å². The van der Waals surface area contributed by atoms with Crippen LogP contribution in [0, 0.1) is 6.92 Å². The van der Waals surface area contributed by atoms with Crippen molar-refractivity contribution in [2.45, 2.75) is 20.0 Å². The number of rotatable bonds is 4. The molecule has 0 saturated heterocycles. The van der Waals surface area contributed by atoms with Gasteiger partial charge in [-0.1, -0.05) is 18.2 Å². The Labute approximate surface area is 145 Å². The lowest BCUT2D eigenvalue weighted by Crippen LogP contribution is -2.30. The zero-order chi connectivity index (χ0) is 17.8. The predicted octanol–water partition coefficient (Wildman–Crippen LogP) is 2.95. The van der Waals surface area contributed by atoms with Gasteiger partial charge in [0.2, 0.25) is 0 Å². The number of nitrogens with one attached hydrogen (secondary N) is 1. The molecule has 0 aliphatic carbocycles. The summed E-state index contributed by atoms with van der Waals surface area (Å²) in [4.78, 5) is 24.5. The molecule has 0 saturated carbocycles. The first-order chi connectivity index (χ1) is 12.0. The summed E-state index contributed by atoms with van der Waals surface area (Å²) in [6.07, 6.45) is -0.930. The number of carbonyl (C=O) groups excluding carboxylic acids is 2. The van der Waals surface area contributed by atoms with Crippen LogP contribution in [-0.2, 0) is 9.53 Å². The highest BCUT2D eigenvalue weighted by atomic mass is 16.6. The van der Waals surface area contributed by atoms with Gasteiger partial charge < -0.3 is 19.5 Å². The highest BCUT2D eigenvalue weighted by Crippen LogP contribution is 2.32. The van der Waals surface area contributed by atoms with Crippen LogP contribution in [-0.4, -0.2) is 31.2 Å². The molecule has 1 amide bonds. The smallest absolute Gasteiger partial charge is 0.339 e. The second-order valence-corrected chi connectivity index (χ2v) is 5.71. The summed E-state index contributed by atoms with van der Waals surface area (Å²) < 4.78 is 16.2. The molecule has 1 aliphatic heterocycles. The van der Waals surface area contributed by atoms with Crippen LogP contribution in [0.15, 0.2) is 42.5 Å². The zero-order valence-electron chi connectivity index (χ0n) is 14.1. The van der Waals surface area contributed by atoms with Gasteiger partial charge in [0.25, 0.3) is 5.91 Å². The minimum absolute atomic E-state index is 0.418. The summed E-state index contributed by atoms with van der Waals surface area (Å²) in [5.74, 6) is 0.276. The van der Waals surface area contributed by atoms with Crippen LogP contribution in [0.2, 0.25) is 0 Å². The zero-order valence-corrected chi connectivity index (χ0v) is 14.1. The third-order valence-electron chi connectivity index (χ3n) is 3.83. The Morgan fingerprint density at radius 2 is 1.80 bits per heavy atom. The van der Waals surface area contributed by atoms with E-state index in [1.54, 1.807) is 30.3 Å². The van der Waals surface area contributed by atoms with Crippen molar-refractivity contribution >= 4 is 17.6 Å². The molecule has 0 bridgehead atoms. The number of fused-ring (bicyclic) bond motifs is 1. The van der Waals surface area contributed by atoms with Crippen LogP contribution < -0.4 is 14.8 Å². The average molecular weight is 341 g/mol. The van der Waals surface area contributed by atoms with Gasteiger partial charge in [-0.2, -0.15) is 0 Å². The Kier molecular flexibility index (Phi) is 4.88. The van der Waals surface area contributed by atoms with Crippen molar-refractivity contribution in [1.82, 2.24) is 0 Å². The number of hydrogen-bond donors (Lipinski definition) is 1. The monoisotopic (exact) mass is 341 g/mol. The third-order valence-corrected chi connectivity index (χ3v) is 3.83. The number of amides is 1. The van der Waals surface area contributed by atoms with Crippen molar-refractivity contribution < 1.29 is 23.8 Å². The van der Waals surface area contributed by atoms with Crippen LogP contribution >= 0.6 is 0 Å². The van der Waals surface area contributed by atoms with E-state index < -0.39 is 18.0 Å². The normalized spacial score (nSPS) is 13.7. The Morgan fingerprint density at radius 1 is 1.08 bits per heavy atom. The van der Waals surface area contributed by atoms with Gasteiger partial charge in [-0.05, 0) is 37.6 Å². The predicted molar refractivity (Wildman–Crippen MR) is 92.1 cm³/mol. The lowest BCUT2D eigenvalue weighted by Gasteiger charge is -2.19. The molecule has 6 heteroatoms. The molecule has 0 fully saturated rings. The third kappa shape index (κ3) is 3.91. The van der Waals surface area contributed by atoms with Gasteiger partial charge in [0, 0.05) is 11.8 Å². The van der Waals surface area contributed by atoms with E-state index in [1.165, 1.54) is 6.92 Å². The summed E-state index contributed by atoms with van der Waals surface area (Å²) in [5, 5.41) is 2.71. The minimum atomic E-state index is -0.930. The van der Waals surface area contributed by atoms with Crippen LogP contribution in [0.4, 0.5) is 5.69 Å². The largest absolute Gasteiger partial charge is 0.486 e. The first-order valence-electron chi connectivity index (χ1n) is 8.02. The second kappa shape index (κ2) is 7.25. The summed E-state index contributed by atoms with van der Waals surface area (Å²) >= 11 is 0. The van der Waals surface area contributed by atoms with Gasteiger partial charge in [-0.15, -0.1) is 0 Å². The number of hydrogen-bond acceptors (Lipinski definition) is 5. The van der Waals surface area contributed by atoms with Gasteiger partial charge in [-0.25, -0.2) is 4.79 Å². The first kappa shape index (κ1) is 16.8. The summed E-state index contributed by atoms with van der Waals surface area (Å²) in [7, 11) is 0. The van der Waals surface area contributed by atoms with Crippen LogP contribution in [0.3, 0.4) is 0 Å². The van der Waals surface area contributed by atoms with E-state index in [0.29, 0.717) is 36.0 Å².